The molecule has 28 heavy (non-hydrogen) atoms. The minimum Gasteiger partial charge on any atom is -0.316 e. The van der Waals surface area contributed by atoms with Gasteiger partial charge in [0.05, 0.1) is 17.5 Å². The normalized spacial score (nSPS) is 24.5. The van der Waals surface area contributed by atoms with Crippen molar-refractivity contribution >= 4 is 54.3 Å². The van der Waals surface area contributed by atoms with Crippen LogP contribution in [0.3, 0.4) is 0 Å². The quantitative estimate of drug-likeness (QED) is 0.670. The van der Waals surface area contributed by atoms with Crippen LogP contribution in [0.25, 0.3) is 0 Å². The van der Waals surface area contributed by atoms with Crippen molar-refractivity contribution in [2.24, 2.45) is 4.99 Å². The zero-order chi connectivity index (χ0) is 19.7. The number of aliphatic imine (C=N–C) groups is 1. The van der Waals surface area contributed by atoms with E-state index in [0.717, 1.165) is 15.7 Å². The Balaban J connectivity index is 1.56. The van der Waals surface area contributed by atoms with Gasteiger partial charge in [0, 0.05) is 21.8 Å². The molecular weight excluding hydrogens is 460 g/mol. The molecule has 0 bridgehead atoms. The third-order valence-electron chi connectivity index (χ3n) is 4.86. The average Bonchev–Trinajstić information content (AvgIpc) is 3.12. The van der Waals surface area contributed by atoms with Gasteiger partial charge >= 0.3 is 0 Å². The molecule has 0 aliphatic carbocycles. The number of hydrogen-bond donors (Lipinski definition) is 0. The van der Waals surface area contributed by atoms with Crippen LogP contribution in [0.2, 0.25) is 0 Å². The van der Waals surface area contributed by atoms with Crippen LogP contribution in [-0.2, 0) is 21.1 Å². The summed E-state index contributed by atoms with van der Waals surface area (Å²) in [5.74, 6) is 0.0427. The SMILES string of the molecule is O=C(CCc1ccccc1)N=C1S[C@@H]2CS(=O)(=O)C[C@@H]2N1c1ccc(Br)cc1. The molecule has 2 aliphatic rings. The number of carbonyl (C=O) groups excluding carboxylic acids is 1. The Morgan fingerprint density at radius 1 is 1.11 bits per heavy atom. The van der Waals surface area contributed by atoms with Crippen molar-refractivity contribution in [1.82, 2.24) is 0 Å². The Morgan fingerprint density at radius 3 is 2.54 bits per heavy atom. The lowest BCUT2D eigenvalue weighted by Gasteiger charge is -2.24. The van der Waals surface area contributed by atoms with Crippen molar-refractivity contribution in [1.29, 1.82) is 0 Å². The van der Waals surface area contributed by atoms with Crippen LogP contribution in [-0.4, -0.2) is 42.3 Å². The van der Waals surface area contributed by atoms with E-state index in [9.17, 15) is 13.2 Å². The number of hydrogen-bond acceptors (Lipinski definition) is 4. The molecule has 2 fully saturated rings. The minimum atomic E-state index is -3.06. The second-order valence-electron chi connectivity index (χ2n) is 6.92. The van der Waals surface area contributed by atoms with E-state index in [0.29, 0.717) is 18.0 Å². The summed E-state index contributed by atoms with van der Waals surface area (Å²) in [6, 6.07) is 17.3. The van der Waals surface area contributed by atoms with Gasteiger partial charge in [-0.05, 0) is 36.2 Å². The summed E-state index contributed by atoms with van der Waals surface area (Å²) in [5.41, 5.74) is 1.96. The van der Waals surface area contributed by atoms with Crippen LogP contribution in [0.4, 0.5) is 5.69 Å². The first kappa shape index (κ1) is 19.7. The lowest BCUT2D eigenvalue weighted by molar-refractivity contribution is -0.117. The van der Waals surface area contributed by atoms with E-state index in [4.69, 9.17) is 0 Å². The maximum absolute atomic E-state index is 12.5. The molecule has 2 saturated heterocycles. The zero-order valence-corrected chi connectivity index (χ0v) is 18.2. The number of aryl methyl sites for hydroxylation is 1. The second kappa shape index (κ2) is 8.00. The smallest absolute Gasteiger partial charge is 0.248 e. The van der Waals surface area contributed by atoms with E-state index >= 15 is 0 Å². The van der Waals surface area contributed by atoms with Crippen molar-refractivity contribution in [3.63, 3.8) is 0 Å². The highest BCUT2D eigenvalue weighted by atomic mass is 79.9. The third kappa shape index (κ3) is 4.34. The number of halogens is 1. The Morgan fingerprint density at radius 2 is 1.82 bits per heavy atom. The first-order valence-corrected chi connectivity index (χ1v) is 12.5. The number of benzene rings is 2. The number of carbonyl (C=O) groups is 1. The maximum Gasteiger partial charge on any atom is 0.248 e. The predicted octanol–water partition coefficient (Wildman–Crippen LogP) is 3.68. The molecule has 2 aromatic carbocycles. The van der Waals surface area contributed by atoms with E-state index in [1.54, 1.807) is 0 Å². The summed E-state index contributed by atoms with van der Waals surface area (Å²) in [6.07, 6.45) is 0.969. The van der Waals surface area contributed by atoms with Crippen LogP contribution < -0.4 is 4.90 Å². The van der Waals surface area contributed by atoms with Crippen molar-refractivity contribution < 1.29 is 13.2 Å². The fourth-order valence-electron chi connectivity index (χ4n) is 3.53. The largest absolute Gasteiger partial charge is 0.316 e. The highest BCUT2D eigenvalue weighted by Crippen LogP contribution is 2.41. The molecular formula is C20H19BrN2O3S2. The fraction of sp³-hybridized carbons (Fsp3) is 0.300. The van der Waals surface area contributed by atoms with Crippen molar-refractivity contribution in [3.8, 4) is 0 Å². The molecule has 5 nitrogen and oxygen atoms in total. The van der Waals surface area contributed by atoms with E-state index in [-0.39, 0.29) is 28.7 Å². The van der Waals surface area contributed by atoms with Gasteiger partial charge < -0.3 is 4.90 Å². The molecule has 4 rings (SSSR count). The lowest BCUT2D eigenvalue weighted by atomic mass is 10.1. The van der Waals surface area contributed by atoms with Gasteiger partial charge in [0.1, 0.15) is 0 Å². The number of nitrogens with zero attached hydrogens (tertiary/aromatic N) is 2. The summed E-state index contributed by atoms with van der Waals surface area (Å²) in [4.78, 5) is 18.8. The molecule has 0 spiro atoms. The molecule has 2 heterocycles. The van der Waals surface area contributed by atoms with Crippen molar-refractivity contribution in [3.05, 3.63) is 64.6 Å². The van der Waals surface area contributed by atoms with Crippen LogP contribution in [0.15, 0.2) is 64.1 Å². The summed E-state index contributed by atoms with van der Waals surface area (Å²) >= 11 is 4.83. The van der Waals surface area contributed by atoms with Gasteiger partial charge in [0.2, 0.25) is 5.91 Å². The first-order chi connectivity index (χ1) is 13.4. The first-order valence-electron chi connectivity index (χ1n) is 8.99. The van der Waals surface area contributed by atoms with Crippen LogP contribution in [0, 0.1) is 0 Å². The molecule has 0 aromatic heterocycles. The van der Waals surface area contributed by atoms with Crippen LogP contribution >= 0.6 is 27.7 Å². The second-order valence-corrected chi connectivity index (χ2v) is 11.2. The molecule has 0 radical (unpaired) electrons. The number of fused-ring (bicyclic) bond motifs is 1. The minimum absolute atomic E-state index is 0.0886. The Labute approximate surface area is 177 Å². The lowest BCUT2D eigenvalue weighted by Crippen LogP contribution is -2.37. The van der Waals surface area contributed by atoms with Crippen molar-refractivity contribution in [2.45, 2.75) is 24.1 Å². The monoisotopic (exact) mass is 478 g/mol. The van der Waals surface area contributed by atoms with E-state index in [2.05, 4.69) is 20.9 Å². The highest BCUT2D eigenvalue weighted by molar-refractivity contribution is 9.10. The zero-order valence-electron chi connectivity index (χ0n) is 15.0. The van der Waals surface area contributed by atoms with E-state index < -0.39 is 9.84 Å². The Kier molecular flexibility index (Phi) is 5.62. The third-order valence-corrected chi connectivity index (χ3v) is 8.60. The predicted molar refractivity (Wildman–Crippen MR) is 118 cm³/mol. The van der Waals surface area contributed by atoms with Crippen LogP contribution in [0.5, 0.6) is 0 Å². The van der Waals surface area contributed by atoms with Gasteiger partial charge in [-0.2, -0.15) is 4.99 Å². The summed E-state index contributed by atoms with van der Waals surface area (Å²) in [6.45, 7) is 0. The van der Waals surface area contributed by atoms with Gasteiger partial charge in [0.15, 0.2) is 15.0 Å². The molecule has 146 valence electrons. The molecule has 2 aliphatic heterocycles. The number of thioether (sulfide) groups is 1. The molecule has 8 heteroatoms. The fourth-order valence-corrected chi connectivity index (χ4v) is 7.72. The van der Waals surface area contributed by atoms with Gasteiger partial charge in [0.25, 0.3) is 0 Å². The topological polar surface area (TPSA) is 66.8 Å². The van der Waals surface area contributed by atoms with E-state index in [1.165, 1.54) is 11.8 Å². The number of rotatable bonds is 4. The average molecular weight is 479 g/mol. The number of amidine groups is 1. The van der Waals surface area contributed by atoms with Gasteiger partial charge in [-0.1, -0.05) is 58.0 Å². The number of amides is 1. The molecule has 0 saturated carbocycles. The Hall–Kier alpha value is -1.64. The summed E-state index contributed by atoms with van der Waals surface area (Å²) < 4.78 is 25.2. The van der Waals surface area contributed by atoms with Crippen molar-refractivity contribution in [2.75, 3.05) is 16.4 Å². The summed E-state index contributed by atoms with van der Waals surface area (Å²) in [5, 5.41) is 0.514. The highest BCUT2D eigenvalue weighted by Gasteiger charge is 2.49. The van der Waals surface area contributed by atoms with Gasteiger partial charge in [-0.15, -0.1) is 0 Å². The molecule has 2 atom stereocenters. The molecule has 0 unspecified atom stereocenters. The molecule has 0 N–H and O–H groups in total. The van der Waals surface area contributed by atoms with Gasteiger partial charge in [-0.25, -0.2) is 8.42 Å². The van der Waals surface area contributed by atoms with Gasteiger partial charge in [-0.3, -0.25) is 4.79 Å². The maximum atomic E-state index is 12.5. The van der Waals surface area contributed by atoms with E-state index in [1.807, 2.05) is 59.5 Å². The standard InChI is InChI=1S/C20H19BrN2O3S2/c21-15-7-9-16(10-8-15)23-17-12-28(25,26)13-18(17)27-20(23)22-19(24)11-6-14-4-2-1-3-5-14/h1-5,7-10,17-18H,6,11-13H2/t17-,18+/m0/s1. The number of sulfone groups is 1. The molecule has 1 amide bonds. The van der Waals surface area contributed by atoms with Crippen LogP contribution in [0.1, 0.15) is 12.0 Å². The summed E-state index contributed by atoms with van der Waals surface area (Å²) in [7, 11) is -3.06. The molecule has 2 aromatic rings. The number of anilines is 1. The Bertz CT molecular complexity index is 1010.